The van der Waals surface area contributed by atoms with E-state index in [0.29, 0.717) is 6.54 Å². The number of para-hydroxylation sites is 1. The molecule has 0 radical (unpaired) electrons. The molecule has 2 aromatic heterocycles. The van der Waals surface area contributed by atoms with Crippen LogP contribution in [0.1, 0.15) is 11.3 Å². The third kappa shape index (κ3) is 2.99. The molecule has 4 aromatic rings. The summed E-state index contributed by atoms with van der Waals surface area (Å²) in [5.41, 5.74) is 3.97. The van der Waals surface area contributed by atoms with Gasteiger partial charge in [0.2, 0.25) is 0 Å². The fraction of sp³-hybridized carbons (Fsp3) is 0.143. The van der Waals surface area contributed by atoms with Crippen LogP contribution in [0.3, 0.4) is 0 Å². The van der Waals surface area contributed by atoms with E-state index < -0.39 is 0 Å². The lowest BCUT2D eigenvalue weighted by Crippen LogP contribution is -2.01. The summed E-state index contributed by atoms with van der Waals surface area (Å²) >= 11 is 0. The average Bonchev–Trinajstić information content (AvgIpc) is 3.32. The molecule has 0 atom stereocenters. The average molecular weight is 345 g/mol. The van der Waals surface area contributed by atoms with Gasteiger partial charge in [0.25, 0.3) is 0 Å². The number of imidazole rings is 1. The Morgan fingerprint density at radius 3 is 2.62 bits per heavy atom. The highest BCUT2D eigenvalue weighted by molar-refractivity contribution is 5.67. The van der Waals surface area contributed by atoms with Gasteiger partial charge in [-0.1, -0.05) is 41.6 Å². The Bertz CT molecular complexity index is 1030. The highest BCUT2D eigenvalue weighted by Crippen LogP contribution is 2.29. The van der Waals surface area contributed by atoms with E-state index in [4.69, 9.17) is 9.26 Å². The van der Waals surface area contributed by atoms with Gasteiger partial charge < -0.3 is 13.8 Å². The van der Waals surface area contributed by atoms with Gasteiger partial charge >= 0.3 is 0 Å². The molecule has 0 N–H and O–H groups in total. The zero-order chi connectivity index (χ0) is 17.9. The van der Waals surface area contributed by atoms with Gasteiger partial charge in [0.1, 0.15) is 17.3 Å². The van der Waals surface area contributed by atoms with Crippen LogP contribution in [0.15, 0.2) is 71.5 Å². The first-order chi connectivity index (χ1) is 12.8. The van der Waals surface area contributed by atoms with Crippen molar-refractivity contribution in [1.82, 2.24) is 14.7 Å². The van der Waals surface area contributed by atoms with Crippen LogP contribution >= 0.6 is 0 Å². The Balaban J connectivity index is 1.64. The highest BCUT2D eigenvalue weighted by Gasteiger charge is 2.14. The SMILES string of the molecule is COc1ccccc1-c1cc(Cn2ccnc2-c2ccccc2C)on1. The Kier molecular flexibility index (Phi) is 4.27. The number of nitrogens with zero attached hydrogens (tertiary/aromatic N) is 3. The fourth-order valence-corrected chi connectivity index (χ4v) is 3.04. The number of aromatic nitrogens is 3. The molecule has 0 saturated heterocycles. The number of aryl methyl sites for hydroxylation is 1. The largest absolute Gasteiger partial charge is 0.496 e. The van der Waals surface area contributed by atoms with E-state index >= 15 is 0 Å². The first-order valence-electron chi connectivity index (χ1n) is 8.42. The quantitative estimate of drug-likeness (QED) is 0.532. The molecule has 26 heavy (non-hydrogen) atoms. The lowest BCUT2D eigenvalue weighted by atomic mass is 10.1. The van der Waals surface area contributed by atoms with Gasteiger partial charge in [-0.05, 0) is 24.6 Å². The Morgan fingerprint density at radius 1 is 1.04 bits per heavy atom. The molecular weight excluding hydrogens is 326 g/mol. The summed E-state index contributed by atoms with van der Waals surface area (Å²) in [6.07, 6.45) is 3.76. The minimum absolute atomic E-state index is 0.561. The molecule has 0 spiro atoms. The van der Waals surface area contributed by atoms with Crippen molar-refractivity contribution in [3.05, 3.63) is 78.3 Å². The van der Waals surface area contributed by atoms with E-state index in [0.717, 1.165) is 34.2 Å². The highest BCUT2D eigenvalue weighted by atomic mass is 16.5. The van der Waals surface area contributed by atoms with Crippen LogP contribution in [-0.4, -0.2) is 21.8 Å². The number of benzene rings is 2. The maximum absolute atomic E-state index is 5.56. The normalized spacial score (nSPS) is 10.8. The van der Waals surface area contributed by atoms with Crippen LogP contribution in [0, 0.1) is 6.92 Å². The zero-order valence-electron chi connectivity index (χ0n) is 14.7. The lowest BCUT2D eigenvalue weighted by Gasteiger charge is -2.08. The smallest absolute Gasteiger partial charge is 0.157 e. The molecule has 0 saturated carbocycles. The number of methoxy groups -OCH3 is 1. The predicted molar refractivity (Wildman–Crippen MR) is 100.0 cm³/mol. The molecule has 0 unspecified atom stereocenters. The molecule has 0 amide bonds. The Labute approximate surface area is 151 Å². The summed E-state index contributed by atoms with van der Waals surface area (Å²) < 4.78 is 13.0. The van der Waals surface area contributed by atoms with Crippen LogP contribution < -0.4 is 4.74 Å². The maximum atomic E-state index is 5.56. The van der Waals surface area contributed by atoms with Crippen molar-refractivity contribution in [2.75, 3.05) is 7.11 Å². The summed E-state index contributed by atoms with van der Waals surface area (Å²) in [5, 5.41) is 4.21. The van der Waals surface area contributed by atoms with Crippen LogP contribution in [0.4, 0.5) is 0 Å². The van der Waals surface area contributed by atoms with Gasteiger partial charge in [-0.3, -0.25) is 0 Å². The zero-order valence-corrected chi connectivity index (χ0v) is 14.7. The van der Waals surface area contributed by atoms with Gasteiger partial charge in [0.05, 0.1) is 13.7 Å². The molecule has 4 rings (SSSR count). The van der Waals surface area contributed by atoms with Gasteiger partial charge in [-0.2, -0.15) is 0 Å². The van der Waals surface area contributed by atoms with Crippen molar-refractivity contribution in [1.29, 1.82) is 0 Å². The second-order valence-electron chi connectivity index (χ2n) is 6.07. The topological polar surface area (TPSA) is 53.1 Å². The summed E-state index contributed by atoms with van der Waals surface area (Å²) in [6.45, 7) is 2.65. The van der Waals surface area contributed by atoms with E-state index in [1.165, 1.54) is 5.56 Å². The number of rotatable bonds is 5. The second kappa shape index (κ2) is 6.88. The summed E-state index contributed by atoms with van der Waals surface area (Å²) in [5.74, 6) is 2.45. The van der Waals surface area contributed by atoms with E-state index in [1.807, 2.05) is 48.7 Å². The monoisotopic (exact) mass is 345 g/mol. The van der Waals surface area contributed by atoms with E-state index in [9.17, 15) is 0 Å². The lowest BCUT2D eigenvalue weighted by molar-refractivity contribution is 0.377. The van der Waals surface area contributed by atoms with Crippen molar-refractivity contribution in [2.45, 2.75) is 13.5 Å². The molecule has 0 aliphatic carbocycles. The van der Waals surface area contributed by atoms with Crippen molar-refractivity contribution in [3.8, 4) is 28.4 Å². The molecule has 0 aliphatic rings. The van der Waals surface area contributed by atoms with Gasteiger partial charge in [-0.25, -0.2) is 4.98 Å². The van der Waals surface area contributed by atoms with Crippen molar-refractivity contribution in [3.63, 3.8) is 0 Å². The first-order valence-corrected chi connectivity index (χ1v) is 8.42. The number of hydrogen-bond acceptors (Lipinski definition) is 4. The minimum atomic E-state index is 0.561. The van der Waals surface area contributed by atoms with Gasteiger partial charge in [0.15, 0.2) is 5.76 Å². The molecule has 5 nitrogen and oxygen atoms in total. The summed E-state index contributed by atoms with van der Waals surface area (Å²) in [7, 11) is 1.65. The van der Waals surface area contributed by atoms with Crippen LogP contribution in [0.25, 0.3) is 22.6 Å². The molecule has 2 aromatic carbocycles. The predicted octanol–water partition coefficient (Wildman–Crippen LogP) is 4.57. The maximum Gasteiger partial charge on any atom is 0.157 e. The molecular formula is C21H19N3O2. The third-order valence-electron chi connectivity index (χ3n) is 4.37. The summed E-state index contributed by atoms with van der Waals surface area (Å²) in [6, 6.07) is 17.9. The standard InChI is InChI=1S/C21H19N3O2/c1-15-7-3-4-8-17(15)21-22-11-12-24(21)14-16-13-19(23-26-16)18-9-5-6-10-20(18)25-2/h3-13H,14H2,1-2H3. The van der Waals surface area contributed by atoms with Crippen molar-refractivity contribution < 1.29 is 9.26 Å². The number of ether oxygens (including phenoxy) is 1. The first kappa shape index (κ1) is 16.1. The molecule has 2 heterocycles. The van der Waals surface area contributed by atoms with E-state index in [1.54, 1.807) is 13.3 Å². The van der Waals surface area contributed by atoms with E-state index in [-0.39, 0.29) is 0 Å². The Hall–Kier alpha value is -3.34. The van der Waals surface area contributed by atoms with Crippen LogP contribution in [0.2, 0.25) is 0 Å². The molecule has 0 fully saturated rings. The van der Waals surface area contributed by atoms with Gasteiger partial charge in [-0.15, -0.1) is 0 Å². The Morgan fingerprint density at radius 2 is 1.81 bits per heavy atom. The molecule has 0 aliphatic heterocycles. The van der Waals surface area contributed by atoms with Crippen molar-refractivity contribution >= 4 is 0 Å². The molecule has 5 heteroatoms. The fourth-order valence-electron chi connectivity index (χ4n) is 3.04. The van der Waals surface area contributed by atoms with Crippen molar-refractivity contribution in [2.24, 2.45) is 0 Å². The molecule has 0 bridgehead atoms. The third-order valence-corrected chi connectivity index (χ3v) is 4.37. The van der Waals surface area contributed by atoms with Crippen LogP contribution in [-0.2, 0) is 6.54 Å². The molecule has 130 valence electrons. The number of hydrogen-bond donors (Lipinski definition) is 0. The minimum Gasteiger partial charge on any atom is -0.496 e. The van der Waals surface area contributed by atoms with E-state index in [2.05, 4.69) is 33.8 Å². The second-order valence-corrected chi connectivity index (χ2v) is 6.07. The van der Waals surface area contributed by atoms with Crippen LogP contribution in [0.5, 0.6) is 5.75 Å². The summed E-state index contributed by atoms with van der Waals surface area (Å²) in [4.78, 5) is 4.52. The van der Waals surface area contributed by atoms with Gasteiger partial charge in [0, 0.05) is 29.6 Å².